The van der Waals surface area contributed by atoms with Crippen LogP contribution in [0.4, 0.5) is 0 Å². The van der Waals surface area contributed by atoms with E-state index >= 15 is 0 Å². The van der Waals surface area contributed by atoms with E-state index in [4.69, 9.17) is 0 Å². The van der Waals surface area contributed by atoms with E-state index in [-0.39, 0.29) is 0 Å². The molecule has 1 heterocycles. The summed E-state index contributed by atoms with van der Waals surface area (Å²) in [5, 5.41) is 12.7. The smallest absolute Gasteiger partial charge is 0.0541 e. The van der Waals surface area contributed by atoms with Gasteiger partial charge in [-0.25, -0.2) is 0 Å². The first-order valence-electron chi connectivity index (χ1n) is 20.4. The molecule has 1 nitrogen and oxygen atoms in total. The number of benzene rings is 11. The van der Waals surface area contributed by atoms with Gasteiger partial charge in [0, 0.05) is 16.5 Å². The first kappa shape index (κ1) is 33.4. The highest BCUT2D eigenvalue weighted by molar-refractivity contribution is 6.11. The minimum atomic E-state index is 1.17. The summed E-state index contributed by atoms with van der Waals surface area (Å²) >= 11 is 0. The average Bonchev–Trinajstić information content (AvgIpc) is 3.65. The standard InChI is InChI=1S/C58H37N/c1-2-12-50(13-3-1)59-57-17-9-8-16-55(57)56-37-44(28-31-58(56)59)38-18-20-39(21-19-38)47-34-48(42-26-29-53-45(32-42)24-22-40-10-4-6-14-51(40)53)36-49(35-47)43-27-30-54-46(33-43)25-23-41-11-5-7-15-52(41)54/h1-37H. The Morgan fingerprint density at radius 1 is 0.203 bits per heavy atom. The summed E-state index contributed by atoms with van der Waals surface area (Å²) in [6, 6.07) is 82.7. The van der Waals surface area contributed by atoms with E-state index in [9.17, 15) is 0 Å². The summed E-state index contributed by atoms with van der Waals surface area (Å²) in [6.07, 6.45) is 0. The maximum absolute atomic E-state index is 2.37. The van der Waals surface area contributed by atoms with Crippen LogP contribution in [0.25, 0.3) is 115 Å². The third-order valence-electron chi connectivity index (χ3n) is 12.3. The Morgan fingerprint density at radius 2 is 0.610 bits per heavy atom. The lowest BCUT2D eigenvalue weighted by atomic mass is 9.90. The normalized spacial score (nSPS) is 11.7. The van der Waals surface area contributed by atoms with Crippen molar-refractivity contribution in [1.29, 1.82) is 0 Å². The number of para-hydroxylation sites is 2. The fourth-order valence-corrected chi connectivity index (χ4v) is 9.38. The molecule has 0 radical (unpaired) electrons. The van der Waals surface area contributed by atoms with Crippen molar-refractivity contribution in [1.82, 2.24) is 4.57 Å². The van der Waals surface area contributed by atoms with Crippen LogP contribution in [0.1, 0.15) is 0 Å². The predicted octanol–water partition coefficient (Wildman–Crippen LogP) is 16.1. The number of rotatable bonds is 5. The van der Waals surface area contributed by atoms with E-state index in [1.165, 1.54) is 115 Å². The van der Waals surface area contributed by atoms with Crippen molar-refractivity contribution in [3.05, 3.63) is 224 Å². The van der Waals surface area contributed by atoms with Crippen molar-refractivity contribution in [2.75, 3.05) is 0 Å². The van der Waals surface area contributed by atoms with Gasteiger partial charge in [-0.2, -0.15) is 0 Å². The maximum Gasteiger partial charge on any atom is 0.0541 e. The van der Waals surface area contributed by atoms with E-state index in [1.54, 1.807) is 0 Å². The number of fused-ring (bicyclic) bond motifs is 9. The predicted molar refractivity (Wildman–Crippen MR) is 253 cm³/mol. The highest BCUT2D eigenvalue weighted by Gasteiger charge is 2.14. The summed E-state index contributed by atoms with van der Waals surface area (Å²) < 4.78 is 2.37. The molecular weight excluding hydrogens is 711 g/mol. The molecule has 0 aliphatic heterocycles. The van der Waals surface area contributed by atoms with Gasteiger partial charge in [-0.05, 0) is 148 Å². The van der Waals surface area contributed by atoms with Crippen molar-refractivity contribution in [3.63, 3.8) is 0 Å². The number of hydrogen-bond acceptors (Lipinski definition) is 0. The highest BCUT2D eigenvalue weighted by atomic mass is 15.0. The van der Waals surface area contributed by atoms with Crippen LogP contribution in [0.2, 0.25) is 0 Å². The molecule has 0 aliphatic rings. The molecular formula is C58H37N. The first-order valence-corrected chi connectivity index (χ1v) is 20.4. The Balaban J connectivity index is 0.976. The lowest BCUT2D eigenvalue weighted by Crippen LogP contribution is -1.92. The van der Waals surface area contributed by atoms with Gasteiger partial charge in [0.05, 0.1) is 11.0 Å². The lowest BCUT2D eigenvalue weighted by Gasteiger charge is -2.14. The van der Waals surface area contributed by atoms with Gasteiger partial charge < -0.3 is 4.57 Å². The van der Waals surface area contributed by atoms with Crippen LogP contribution < -0.4 is 0 Å². The van der Waals surface area contributed by atoms with Gasteiger partial charge >= 0.3 is 0 Å². The zero-order valence-electron chi connectivity index (χ0n) is 32.3. The zero-order valence-corrected chi connectivity index (χ0v) is 32.3. The van der Waals surface area contributed by atoms with Gasteiger partial charge in [0.25, 0.3) is 0 Å². The molecule has 0 unspecified atom stereocenters. The van der Waals surface area contributed by atoms with Gasteiger partial charge in [-0.1, -0.05) is 164 Å². The van der Waals surface area contributed by atoms with Crippen LogP contribution >= 0.6 is 0 Å². The second-order valence-corrected chi connectivity index (χ2v) is 15.7. The Kier molecular flexibility index (Phi) is 7.61. The maximum atomic E-state index is 2.37. The molecule has 11 aromatic carbocycles. The van der Waals surface area contributed by atoms with Crippen molar-refractivity contribution < 1.29 is 0 Å². The molecule has 12 rings (SSSR count). The lowest BCUT2D eigenvalue weighted by molar-refractivity contribution is 1.18. The van der Waals surface area contributed by atoms with E-state index in [0.29, 0.717) is 0 Å². The molecule has 0 fully saturated rings. The molecule has 1 aromatic heterocycles. The molecule has 1 heteroatoms. The largest absolute Gasteiger partial charge is 0.309 e. The SMILES string of the molecule is c1ccc(-n2c3ccccc3c3cc(-c4ccc(-c5cc(-c6ccc7c(ccc8ccccc87)c6)cc(-c6ccc7c(ccc8ccccc87)c6)c5)cc4)ccc32)cc1. The Hall–Kier alpha value is -7.74. The second-order valence-electron chi connectivity index (χ2n) is 15.7. The second kappa shape index (κ2) is 13.4. The molecule has 0 atom stereocenters. The molecule has 0 aliphatic carbocycles. The molecule has 0 saturated carbocycles. The topological polar surface area (TPSA) is 4.93 Å². The van der Waals surface area contributed by atoms with Crippen molar-refractivity contribution in [2.24, 2.45) is 0 Å². The molecule has 0 bridgehead atoms. The van der Waals surface area contributed by atoms with Gasteiger partial charge in [0.1, 0.15) is 0 Å². The van der Waals surface area contributed by atoms with Gasteiger partial charge in [0.2, 0.25) is 0 Å². The summed E-state index contributed by atoms with van der Waals surface area (Å²) in [5.41, 5.74) is 13.2. The zero-order chi connectivity index (χ0) is 38.9. The number of aromatic nitrogens is 1. The first-order chi connectivity index (χ1) is 29.2. The van der Waals surface area contributed by atoms with Crippen LogP contribution in [-0.4, -0.2) is 4.57 Å². The van der Waals surface area contributed by atoms with Crippen molar-refractivity contribution >= 4 is 64.9 Å². The molecule has 274 valence electrons. The molecule has 0 saturated heterocycles. The van der Waals surface area contributed by atoms with Crippen LogP contribution in [0, 0.1) is 0 Å². The van der Waals surface area contributed by atoms with Crippen LogP contribution in [0.15, 0.2) is 224 Å². The molecule has 0 N–H and O–H groups in total. The van der Waals surface area contributed by atoms with Gasteiger partial charge in [0.15, 0.2) is 0 Å². The molecule has 59 heavy (non-hydrogen) atoms. The fraction of sp³-hybridized carbons (Fsp3) is 0. The minimum absolute atomic E-state index is 1.17. The third-order valence-corrected chi connectivity index (χ3v) is 12.3. The monoisotopic (exact) mass is 747 g/mol. The minimum Gasteiger partial charge on any atom is -0.309 e. The van der Waals surface area contributed by atoms with Crippen LogP contribution in [0.5, 0.6) is 0 Å². The average molecular weight is 748 g/mol. The molecule has 0 spiro atoms. The van der Waals surface area contributed by atoms with E-state index in [1.807, 2.05) is 0 Å². The summed E-state index contributed by atoms with van der Waals surface area (Å²) in [5.74, 6) is 0. The van der Waals surface area contributed by atoms with Crippen LogP contribution in [0.3, 0.4) is 0 Å². The Labute approximate surface area is 342 Å². The summed E-state index contributed by atoms with van der Waals surface area (Å²) in [7, 11) is 0. The molecule has 0 amide bonds. The summed E-state index contributed by atoms with van der Waals surface area (Å²) in [4.78, 5) is 0. The number of nitrogens with zero attached hydrogens (tertiary/aromatic N) is 1. The van der Waals surface area contributed by atoms with E-state index in [2.05, 4.69) is 229 Å². The fourth-order valence-electron chi connectivity index (χ4n) is 9.38. The number of hydrogen-bond donors (Lipinski definition) is 0. The Morgan fingerprint density at radius 3 is 1.22 bits per heavy atom. The van der Waals surface area contributed by atoms with E-state index < -0.39 is 0 Å². The molecule has 12 aromatic rings. The Bertz CT molecular complexity index is 3450. The third kappa shape index (κ3) is 5.62. The van der Waals surface area contributed by atoms with Crippen molar-refractivity contribution in [3.8, 4) is 50.2 Å². The van der Waals surface area contributed by atoms with Crippen LogP contribution in [-0.2, 0) is 0 Å². The van der Waals surface area contributed by atoms with Gasteiger partial charge in [-0.3, -0.25) is 0 Å². The summed E-state index contributed by atoms with van der Waals surface area (Å²) in [6.45, 7) is 0. The quantitative estimate of drug-likeness (QED) is 0.155. The van der Waals surface area contributed by atoms with Crippen molar-refractivity contribution in [2.45, 2.75) is 0 Å². The highest BCUT2D eigenvalue weighted by Crippen LogP contribution is 2.39. The van der Waals surface area contributed by atoms with Gasteiger partial charge in [-0.15, -0.1) is 0 Å². The van der Waals surface area contributed by atoms with E-state index in [0.717, 1.165) is 0 Å².